The largest absolute Gasteiger partial charge is 0.544 e. The lowest BCUT2D eigenvalue weighted by molar-refractivity contribution is -0.889. The van der Waals surface area contributed by atoms with Crippen LogP contribution in [-0.2, 0) is 28.6 Å². The molecule has 0 saturated carbocycles. The molecule has 0 spiro atoms. The number of allylic oxidation sites excluding steroid dienone is 6. The zero-order valence-electron chi connectivity index (χ0n) is 39.2. The van der Waals surface area contributed by atoms with Gasteiger partial charge in [0.15, 0.2) is 6.10 Å². The van der Waals surface area contributed by atoms with E-state index in [0.717, 1.165) is 51.4 Å². The van der Waals surface area contributed by atoms with Gasteiger partial charge in [-0.2, -0.15) is 0 Å². The van der Waals surface area contributed by atoms with E-state index in [2.05, 4.69) is 50.3 Å². The second-order valence-corrected chi connectivity index (χ2v) is 17.7. The van der Waals surface area contributed by atoms with Crippen molar-refractivity contribution >= 4 is 17.9 Å². The second-order valence-electron chi connectivity index (χ2n) is 17.7. The Balaban J connectivity index is 4.16. The van der Waals surface area contributed by atoms with Crippen molar-refractivity contribution in [3.63, 3.8) is 0 Å². The number of hydrogen-bond donors (Lipinski definition) is 0. The number of carbonyl (C=O) groups excluding carboxylic acids is 3. The summed E-state index contributed by atoms with van der Waals surface area (Å²) < 4.78 is 17.2. The molecule has 0 heterocycles. The molecule has 0 saturated heterocycles. The van der Waals surface area contributed by atoms with E-state index in [9.17, 15) is 19.5 Å². The zero-order chi connectivity index (χ0) is 43.5. The van der Waals surface area contributed by atoms with Gasteiger partial charge in [0.05, 0.1) is 40.3 Å². The number of rotatable bonds is 44. The number of unbranched alkanes of at least 4 members (excludes halogenated alkanes) is 24. The van der Waals surface area contributed by atoms with E-state index >= 15 is 0 Å². The molecule has 8 nitrogen and oxygen atoms in total. The monoisotopic (exact) mass is 832 g/mol. The lowest BCUT2D eigenvalue weighted by atomic mass is 10.0. The number of hydrogen-bond acceptors (Lipinski definition) is 7. The van der Waals surface area contributed by atoms with E-state index in [-0.39, 0.29) is 49.1 Å². The predicted octanol–water partition coefficient (Wildman–Crippen LogP) is 12.5. The maximum absolute atomic E-state index is 12.7. The zero-order valence-corrected chi connectivity index (χ0v) is 39.2. The number of nitrogens with zero attached hydrogens (tertiary/aromatic N) is 1. The van der Waals surface area contributed by atoms with Crippen LogP contribution in [0.15, 0.2) is 36.5 Å². The van der Waals surface area contributed by atoms with Crippen LogP contribution in [0.5, 0.6) is 0 Å². The summed E-state index contributed by atoms with van der Waals surface area (Å²) in [5.74, 6) is -1.78. The molecule has 2 atom stereocenters. The Morgan fingerprint density at radius 1 is 0.525 bits per heavy atom. The lowest BCUT2D eigenvalue weighted by Gasteiger charge is -2.34. The van der Waals surface area contributed by atoms with E-state index in [1.165, 1.54) is 128 Å². The Bertz CT molecular complexity index is 1060. The van der Waals surface area contributed by atoms with Gasteiger partial charge in [-0.05, 0) is 44.9 Å². The number of carboxylic acid groups (broad SMARTS) is 1. The van der Waals surface area contributed by atoms with E-state index < -0.39 is 18.1 Å². The normalized spacial score (nSPS) is 13.2. The minimum absolute atomic E-state index is 0.0276. The van der Waals surface area contributed by atoms with Crippen LogP contribution in [0.4, 0.5) is 0 Å². The van der Waals surface area contributed by atoms with Gasteiger partial charge in [0, 0.05) is 19.3 Å². The van der Waals surface area contributed by atoms with Crippen molar-refractivity contribution in [2.24, 2.45) is 0 Å². The molecule has 0 aliphatic heterocycles. The molecule has 0 aromatic carbocycles. The maximum Gasteiger partial charge on any atom is 0.306 e. The minimum Gasteiger partial charge on any atom is -0.544 e. The highest BCUT2D eigenvalue weighted by Gasteiger charge is 2.25. The molecular weight excluding hydrogens is 739 g/mol. The summed E-state index contributed by atoms with van der Waals surface area (Å²) in [5, 5.41) is 11.6. The number of ether oxygens (including phenoxy) is 3. The van der Waals surface area contributed by atoms with Crippen LogP contribution in [-0.4, -0.2) is 75.5 Å². The average molecular weight is 832 g/mol. The van der Waals surface area contributed by atoms with Crippen LogP contribution in [0, 0.1) is 0 Å². The molecule has 0 aliphatic rings. The molecule has 0 amide bonds. The molecule has 344 valence electrons. The van der Waals surface area contributed by atoms with Gasteiger partial charge < -0.3 is 28.6 Å². The summed E-state index contributed by atoms with van der Waals surface area (Å²) in [4.78, 5) is 36.9. The van der Waals surface area contributed by atoms with Gasteiger partial charge in [-0.1, -0.05) is 192 Å². The van der Waals surface area contributed by atoms with Crippen LogP contribution >= 0.6 is 0 Å². The number of aliphatic carboxylic acids is 1. The first kappa shape index (κ1) is 56.5. The highest BCUT2D eigenvalue weighted by molar-refractivity contribution is 5.70. The first-order valence-corrected chi connectivity index (χ1v) is 24.5. The van der Waals surface area contributed by atoms with Crippen molar-refractivity contribution in [3.05, 3.63) is 36.5 Å². The first-order valence-electron chi connectivity index (χ1n) is 24.5. The molecule has 0 N–H and O–H groups in total. The highest BCUT2D eigenvalue weighted by atomic mass is 16.6. The summed E-state index contributed by atoms with van der Waals surface area (Å²) in [6.45, 7) is 4.53. The van der Waals surface area contributed by atoms with Crippen LogP contribution < -0.4 is 5.11 Å². The Kier molecular flexibility index (Phi) is 40.5. The van der Waals surface area contributed by atoms with E-state index in [4.69, 9.17) is 14.2 Å². The predicted molar refractivity (Wildman–Crippen MR) is 245 cm³/mol. The molecule has 59 heavy (non-hydrogen) atoms. The Labute approximate surface area is 364 Å². The molecular formula is C51H93NO7. The second kappa shape index (κ2) is 42.2. The third kappa shape index (κ3) is 40.7. The maximum atomic E-state index is 12.7. The van der Waals surface area contributed by atoms with Gasteiger partial charge in [-0.25, -0.2) is 0 Å². The van der Waals surface area contributed by atoms with Crippen molar-refractivity contribution in [2.75, 3.05) is 41.0 Å². The summed E-state index contributed by atoms with van der Waals surface area (Å²) in [7, 11) is 5.40. The molecule has 0 rings (SSSR count). The van der Waals surface area contributed by atoms with Gasteiger partial charge in [-0.15, -0.1) is 0 Å². The van der Waals surface area contributed by atoms with Crippen LogP contribution in [0.25, 0.3) is 0 Å². The summed E-state index contributed by atoms with van der Waals surface area (Å²) in [5.41, 5.74) is 0. The molecule has 0 bridgehead atoms. The minimum atomic E-state index is -1.13. The molecule has 0 fully saturated rings. The third-order valence-electron chi connectivity index (χ3n) is 11.0. The average Bonchev–Trinajstić information content (AvgIpc) is 3.19. The van der Waals surface area contributed by atoms with Gasteiger partial charge in [0.2, 0.25) is 0 Å². The number of likely N-dealkylation sites (N-methyl/N-ethyl adjacent to an activating group) is 1. The molecule has 8 heteroatoms. The number of carboxylic acids is 1. The van der Waals surface area contributed by atoms with Crippen molar-refractivity contribution in [1.82, 2.24) is 0 Å². The fourth-order valence-electron chi connectivity index (χ4n) is 7.26. The molecule has 2 unspecified atom stereocenters. The molecule has 0 aromatic rings. The summed E-state index contributed by atoms with van der Waals surface area (Å²) in [6.07, 6.45) is 49.1. The van der Waals surface area contributed by atoms with Gasteiger partial charge >= 0.3 is 11.9 Å². The Morgan fingerprint density at radius 3 is 1.41 bits per heavy atom. The topological polar surface area (TPSA) is 102 Å². The van der Waals surface area contributed by atoms with Gasteiger partial charge in [0.1, 0.15) is 12.6 Å². The SMILES string of the molecule is CC/C=C/C/C=C/C/C=C/CCCCC(=O)OC(COCCC(C(=O)[O-])[N+](C)(C)C)COC(=O)CCCCCCCCCCCCCCCCCCCCCCCCC. The quantitative estimate of drug-likeness (QED) is 0.0261. The summed E-state index contributed by atoms with van der Waals surface area (Å²) in [6, 6.07) is -0.731. The smallest absolute Gasteiger partial charge is 0.306 e. The molecule has 0 radical (unpaired) electrons. The molecule has 0 aromatic heterocycles. The van der Waals surface area contributed by atoms with Crippen LogP contribution in [0.3, 0.4) is 0 Å². The fourth-order valence-corrected chi connectivity index (χ4v) is 7.26. The highest BCUT2D eigenvalue weighted by Crippen LogP contribution is 2.16. The lowest BCUT2D eigenvalue weighted by Crippen LogP contribution is -2.55. The van der Waals surface area contributed by atoms with E-state index in [1.807, 2.05) is 0 Å². The summed E-state index contributed by atoms with van der Waals surface area (Å²) >= 11 is 0. The van der Waals surface area contributed by atoms with Crippen molar-refractivity contribution in [3.8, 4) is 0 Å². The number of esters is 2. The van der Waals surface area contributed by atoms with Gasteiger partial charge in [0.25, 0.3) is 0 Å². The fraction of sp³-hybridized carbons (Fsp3) is 0.824. The standard InChI is InChI=1S/C51H93NO7/c1-6-8-10-12-14-16-18-20-21-22-23-24-25-26-27-28-29-30-32-33-35-37-39-41-49(53)58-46-47(45-57-44-43-48(51(55)56)52(3,4)5)59-50(54)42-40-38-36-34-31-19-17-15-13-11-9-7-2/h9,11,15,17,31,34,47-48H,6-8,10,12-14,16,18-30,32-33,35-46H2,1-5H3/b11-9+,17-15+,34-31+. The Morgan fingerprint density at radius 2 is 0.949 bits per heavy atom. The van der Waals surface area contributed by atoms with Crippen LogP contribution in [0.1, 0.15) is 219 Å². The molecule has 0 aliphatic carbocycles. The number of quaternary nitrogens is 1. The van der Waals surface area contributed by atoms with Gasteiger partial charge in [-0.3, -0.25) is 9.59 Å². The number of carbonyl (C=O) groups is 3. The van der Waals surface area contributed by atoms with E-state index in [0.29, 0.717) is 12.8 Å². The van der Waals surface area contributed by atoms with Crippen molar-refractivity contribution in [2.45, 2.75) is 231 Å². The third-order valence-corrected chi connectivity index (χ3v) is 11.0. The Hall–Kier alpha value is -2.45. The van der Waals surface area contributed by atoms with Crippen molar-refractivity contribution in [1.29, 1.82) is 0 Å². The van der Waals surface area contributed by atoms with Crippen molar-refractivity contribution < 1.29 is 38.2 Å². The van der Waals surface area contributed by atoms with E-state index in [1.54, 1.807) is 21.1 Å². The van der Waals surface area contributed by atoms with Crippen LogP contribution in [0.2, 0.25) is 0 Å². The first-order chi connectivity index (χ1) is 28.6.